The highest BCUT2D eigenvalue weighted by atomic mass is 32.2. The van der Waals surface area contributed by atoms with E-state index in [0.29, 0.717) is 52.0 Å². The number of amides is 1. The molecule has 2 N–H and O–H groups in total. The van der Waals surface area contributed by atoms with Gasteiger partial charge in [0.15, 0.2) is 0 Å². The third-order valence-electron chi connectivity index (χ3n) is 4.96. The second-order valence-corrected chi connectivity index (χ2v) is 8.70. The molecule has 0 atom stereocenters. The first-order chi connectivity index (χ1) is 12.5. The van der Waals surface area contributed by atoms with Gasteiger partial charge < -0.3 is 15.4 Å². The van der Waals surface area contributed by atoms with Gasteiger partial charge in [-0.15, -0.1) is 0 Å². The first-order valence-electron chi connectivity index (χ1n) is 9.24. The molecular weight excluding hydrogens is 354 g/mol. The van der Waals surface area contributed by atoms with Crippen LogP contribution in [0.15, 0.2) is 29.2 Å². The van der Waals surface area contributed by atoms with Gasteiger partial charge in [-0.3, -0.25) is 4.79 Å². The van der Waals surface area contributed by atoms with Gasteiger partial charge >= 0.3 is 0 Å². The summed E-state index contributed by atoms with van der Waals surface area (Å²) in [6.45, 7) is 2.85. The number of sulfonamides is 1. The Balaban J connectivity index is 1.61. The number of hydrogen-bond acceptors (Lipinski definition) is 5. The van der Waals surface area contributed by atoms with Gasteiger partial charge in [0.25, 0.3) is 0 Å². The average molecular weight is 381 g/mol. The summed E-state index contributed by atoms with van der Waals surface area (Å²) in [5, 5.41) is 0. The van der Waals surface area contributed by atoms with Crippen LogP contribution < -0.4 is 10.6 Å². The molecule has 0 radical (unpaired) electrons. The maximum Gasteiger partial charge on any atom is 0.243 e. The van der Waals surface area contributed by atoms with E-state index in [1.54, 1.807) is 29.2 Å². The van der Waals surface area contributed by atoms with Crippen LogP contribution in [0.2, 0.25) is 0 Å². The molecular formula is C18H27N3O4S. The smallest absolute Gasteiger partial charge is 0.243 e. The van der Waals surface area contributed by atoms with Crippen LogP contribution in [0.3, 0.4) is 0 Å². The monoisotopic (exact) mass is 381 g/mol. The van der Waals surface area contributed by atoms with Crippen LogP contribution in [0.4, 0.5) is 5.69 Å². The van der Waals surface area contributed by atoms with Crippen molar-refractivity contribution in [2.45, 2.75) is 43.1 Å². The Morgan fingerprint density at radius 3 is 2.38 bits per heavy atom. The molecule has 0 aromatic heterocycles. The minimum Gasteiger partial charge on any atom is -0.378 e. The van der Waals surface area contributed by atoms with Gasteiger partial charge in [0.1, 0.15) is 0 Å². The van der Waals surface area contributed by atoms with E-state index in [4.69, 9.17) is 10.5 Å². The Morgan fingerprint density at radius 1 is 1.12 bits per heavy atom. The summed E-state index contributed by atoms with van der Waals surface area (Å²) in [7, 11) is -3.51. The molecule has 0 unspecified atom stereocenters. The highest BCUT2D eigenvalue weighted by Crippen LogP contribution is 2.26. The first-order valence-corrected chi connectivity index (χ1v) is 10.7. The van der Waals surface area contributed by atoms with Gasteiger partial charge in [0, 0.05) is 38.3 Å². The van der Waals surface area contributed by atoms with Crippen molar-refractivity contribution in [2.24, 2.45) is 5.73 Å². The lowest BCUT2D eigenvalue weighted by molar-refractivity contribution is -0.117. The minimum atomic E-state index is -3.51. The van der Waals surface area contributed by atoms with E-state index in [2.05, 4.69) is 0 Å². The molecule has 2 fully saturated rings. The largest absolute Gasteiger partial charge is 0.378 e. The van der Waals surface area contributed by atoms with Crippen molar-refractivity contribution in [1.82, 2.24) is 4.31 Å². The highest BCUT2D eigenvalue weighted by Gasteiger charge is 2.30. The number of carbonyl (C=O) groups is 1. The van der Waals surface area contributed by atoms with Crippen LogP contribution in [-0.2, 0) is 19.6 Å². The molecule has 1 aromatic carbocycles. The SMILES string of the molecule is NCCCOC1CCN(S(=O)(=O)c2ccc(N3CCCC3=O)cc2)CC1. The molecule has 1 aromatic rings. The van der Waals surface area contributed by atoms with E-state index >= 15 is 0 Å². The zero-order valence-electron chi connectivity index (χ0n) is 15.0. The van der Waals surface area contributed by atoms with Crippen LogP contribution >= 0.6 is 0 Å². The van der Waals surface area contributed by atoms with Gasteiger partial charge in [-0.2, -0.15) is 4.31 Å². The number of hydrogen-bond donors (Lipinski definition) is 1. The summed E-state index contributed by atoms with van der Waals surface area (Å²) in [4.78, 5) is 13.8. The lowest BCUT2D eigenvalue weighted by atomic mass is 10.1. The second-order valence-electron chi connectivity index (χ2n) is 6.76. The van der Waals surface area contributed by atoms with E-state index in [1.807, 2.05) is 0 Å². The molecule has 2 aliphatic heterocycles. The van der Waals surface area contributed by atoms with Crippen LogP contribution in [0.1, 0.15) is 32.1 Å². The molecule has 26 heavy (non-hydrogen) atoms. The molecule has 144 valence electrons. The van der Waals surface area contributed by atoms with E-state index in [1.165, 1.54) is 4.31 Å². The molecule has 2 saturated heterocycles. The van der Waals surface area contributed by atoms with E-state index < -0.39 is 10.0 Å². The molecule has 2 heterocycles. The number of nitrogens with two attached hydrogens (primary N) is 1. The number of rotatable bonds is 7. The van der Waals surface area contributed by atoms with Crippen molar-refractivity contribution in [3.63, 3.8) is 0 Å². The van der Waals surface area contributed by atoms with Crippen LogP contribution in [0.25, 0.3) is 0 Å². The summed E-state index contributed by atoms with van der Waals surface area (Å²) < 4.78 is 32.9. The van der Waals surface area contributed by atoms with Crippen LogP contribution in [-0.4, -0.2) is 57.5 Å². The van der Waals surface area contributed by atoms with Gasteiger partial charge in [-0.25, -0.2) is 8.42 Å². The first kappa shape index (κ1) is 19.3. The third-order valence-corrected chi connectivity index (χ3v) is 6.88. The topological polar surface area (TPSA) is 92.9 Å². The van der Waals surface area contributed by atoms with Gasteiger partial charge in [0.05, 0.1) is 11.0 Å². The Bertz CT molecular complexity index is 712. The zero-order valence-corrected chi connectivity index (χ0v) is 15.8. The average Bonchev–Trinajstić information content (AvgIpc) is 3.08. The van der Waals surface area contributed by atoms with Crippen molar-refractivity contribution in [2.75, 3.05) is 37.7 Å². The summed E-state index contributed by atoms with van der Waals surface area (Å²) in [5.41, 5.74) is 6.22. The van der Waals surface area contributed by atoms with Crippen LogP contribution in [0.5, 0.6) is 0 Å². The molecule has 0 bridgehead atoms. The van der Waals surface area contributed by atoms with Gasteiger partial charge in [0.2, 0.25) is 15.9 Å². The highest BCUT2D eigenvalue weighted by molar-refractivity contribution is 7.89. The Labute approximate surface area is 155 Å². The molecule has 3 rings (SSSR count). The number of carbonyl (C=O) groups excluding carboxylic acids is 1. The molecule has 7 nitrogen and oxygen atoms in total. The number of anilines is 1. The van der Waals surface area contributed by atoms with Crippen molar-refractivity contribution in [1.29, 1.82) is 0 Å². The minimum absolute atomic E-state index is 0.0947. The van der Waals surface area contributed by atoms with Crippen molar-refractivity contribution >= 4 is 21.6 Å². The molecule has 2 aliphatic rings. The molecule has 0 spiro atoms. The Kier molecular flexibility index (Phi) is 6.29. The summed E-state index contributed by atoms with van der Waals surface area (Å²) in [5.74, 6) is 0.0947. The molecule has 0 aliphatic carbocycles. The van der Waals surface area contributed by atoms with E-state index in [0.717, 1.165) is 18.5 Å². The number of nitrogens with zero attached hydrogens (tertiary/aromatic N) is 2. The Hall–Kier alpha value is -1.48. The lowest BCUT2D eigenvalue weighted by Crippen LogP contribution is -2.41. The number of benzene rings is 1. The molecule has 0 saturated carbocycles. The summed E-state index contributed by atoms with van der Waals surface area (Å²) in [6, 6.07) is 6.64. The fourth-order valence-corrected chi connectivity index (χ4v) is 4.91. The number of piperidine rings is 1. The quantitative estimate of drug-likeness (QED) is 0.719. The molecule has 8 heteroatoms. The number of ether oxygens (including phenoxy) is 1. The lowest BCUT2D eigenvalue weighted by Gasteiger charge is -2.31. The summed E-state index contributed by atoms with van der Waals surface area (Å²) >= 11 is 0. The second kappa shape index (κ2) is 8.47. The molecule has 1 amide bonds. The van der Waals surface area contributed by atoms with E-state index in [9.17, 15) is 13.2 Å². The fraction of sp³-hybridized carbons (Fsp3) is 0.611. The fourth-order valence-electron chi connectivity index (χ4n) is 3.44. The normalized spacial score (nSPS) is 20.0. The zero-order chi connectivity index (χ0) is 18.6. The van der Waals surface area contributed by atoms with E-state index in [-0.39, 0.29) is 16.9 Å². The Morgan fingerprint density at radius 2 is 1.81 bits per heavy atom. The summed E-state index contributed by atoms with van der Waals surface area (Å²) in [6.07, 6.45) is 3.74. The predicted octanol–water partition coefficient (Wildman–Crippen LogP) is 1.33. The standard InChI is InChI=1S/C18H27N3O4S/c19-10-2-14-25-16-8-12-20(13-9-16)26(23,24)17-6-4-15(5-7-17)21-11-1-3-18(21)22/h4-7,16H,1-3,8-14,19H2. The van der Waals surface area contributed by atoms with Crippen molar-refractivity contribution in [3.05, 3.63) is 24.3 Å². The van der Waals surface area contributed by atoms with Crippen molar-refractivity contribution < 1.29 is 17.9 Å². The van der Waals surface area contributed by atoms with Gasteiger partial charge in [-0.05, 0) is 56.5 Å². The van der Waals surface area contributed by atoms with Crippen LogP contribution in [0, 0.1) is 0 Å². The maximum absolute atomic E-state index is 12.8. The van der Waals surface area contributed by atoms with Crippen molar-refractivity contribution in [3.8, 4) is 0 Å². The van der Waals surface area contributed by atoms with Gasteiger partial charge in [-0.1, -0.05) is 0 Å². The predicted molar refractivity (Wildman–Crippen MR) is 99.4 cm³/mol. The maximum atomic E-state index is 12.8. The third kappa shape index (κ3) is 4.25.